The summed E-state index contributed by atoms with van der Waals surface area (Å²) in [7, 11) is 1.67. The van der Waals surface area contributed by atoms with Gasteiger partial charge in [0, 0.05) is 18.2 Å². The summed E-state index contributed by atoms with van der Waals surface area (Å²) in [5, 5.41) is 0. The normalized spacial score (nSPS) is 12.2. The van der Waals surface area contributed by atoms with Gasteiger partial charge in [-0.1, -0.05) is 34.6 Å². The third kappa shape index (κ3) is 3.25. The molecule has 17 heavy (non-hydrogen) atoms. The quantitative estimate of drug-likeness (QED) is 0.807. The van der Waals surface area contributed by atoms with E-state index < -0.39 is 0 Å². The number of methoxy groups -OCH3 is 1. The molecule has 96 valence electrons. The van der Waals surface area contributed by atoms with E-state index in [1.807, 2.05) is 0 Å². The smallest absolute Gasteiger partial charge is 0.154 e. The highest BCUT2D eigenvalue weighted by atomic mass is 16.5. The van der Waals surface area contributed by atoms with Crippen LogP contribution in [-0.2, 0) is 16.8 Å². The molecule has 0 spiro atoms. The standard InChI is InChI=1S/C14H24N2O/c1-9(2)12-10(3)15-11(8-17-7)16-13(12)14(4,5)6/h9H,8H2,1-7H3. The van der Waals surface area contributed by atoms with Crippen LogP contribution in [0.5, 0.6) is 0 Å². The molecule has 0 radical (unpaired) electrons. The van der Waals surface area contributed by atoms with Gasteiger partial charge in [0.15, 0.2) is 5.82 Å². The van der Waals surface area contributed by atoms with Crippen LogP contribution in [-0.4, -0.2) is 17.1 Å². The minimum absolute atomic E-state index is 0.0375. The van der Waals surface area contributed by atoms with Crippen molar-refractivity contribution in [3.63, 3.8) is 0 Å². The molecule has 0 aliphatic carbocycles. The molecule has 0 bridgehead atoms. The van der Waals surface area contributed by atoms with E-state index in [1.165, 1.54) is 5.56 Å². The van der Waals surface area contributed by atoms with Crippen molar-refractivity contribution < 1.29 is 4.74 Å². The maximum Gasteiger partial charge on any atom is 0.154 e. The molecule has 3 heteroatoms. The predicted octanol–water partition coefficient (Wildman–Crippen LogP) is 3.35. The summed E-state index contributed by atoms with van der Waals surface area (Å²) in [5.41, 5.74) is 3.53. The van der Waals surface area contributed by atoms with E-state index in [0.717, 1.165) is 17.2 Å². The number of aromatic nitrogens is 2. The number of hydrogen-bond acceptors (Lipinski definition) is 3. The fourth-order valence-electron chi connectivity index (χ4n) is 2.10. The van der Waals surface area contributed by atoms with Crippen LogP contribution in [0.2, 0.25) is 0 Å². The Morgan fingerprint density at radius 2 is 1.76 bits per heavy atom. The topological polar surface area (TPSA) is 35.0 Å². The maximum atomic E-state index is 5.13. The average Bonchev–Trinajstić information content (AvgIpc) is 2.15. The van der Waals surface area contributed by atoms with E-state index in [9.17, 15) is 0 Å². The van der Waals surface area contributed by atoms with Crippen molar-refractivity contribution >= 4 is 0 Å². The van der Waals surface area contributed by atoms with E-state index >= 15 is 0 Å². The Labute approximate surface area is 105 Å². The molecule has 0 unspecified atom stereocenters. The molecule has 1 rings (SSSR count). The zero-order chi connectivity index (χ0) is 13.2. The van der Waals surface area contributed by atoms with Gasteiger partial charge >= 0.3 is 0 Å². The summed E-state index contributed by atoms with van der Waals surface area (Å²) < 4.78 is 5.13. The summed E-state index contributed by atoms with van der Waals surface area (Å²) >= 11 is 0. The van der Waals surface area contributed by atoms with Crippen molar-refractivity contribution in [3.05, 3.63) is 22.8 Å². The van der Waals surface area contributed by atoms with Crippen molar-refractivity contribution in [1.82, 2.24) is 9.97 Å². The van der Waals surface area contributed by atoms with Crippen LogP contribution >= 0.6 is 0 Å². The van der Waals surface area contributed by atoms with Crippen LogP contribution < -0.4 is 0 Å². The lowest BCUT2D eigenvalue weighted by atomic mass is 9.84. The molecular formula is C14H24N2O. The molecule has 0 amide bonds. The highest BCUT2D eigenvalue weighted by Gasteiger charge is 2.24. The Kier molecular flexibility index (Phi) is 4.26. The van der Waals surface area contributed by atoms with Gasteiger partial charge in [0.2, 0.25) is 0 Å². The second kappa shape index (κ2) is 5.13. The summed E-state index contributed by atoms with van der Waals surface area (Å²) in [6, 6.07) is 0. The van der Waals surface area contributed by atoms with Crippen LogP contribution in [0.1, 0.15) is 63.3 Å². The molecule has 0 aliphatic rings. The Bertz CT molecular complexity index is 392. The van der Waals surface area contributed by atoms with Crippen LogP contribution in [0.4, 0.5) is 0 Å². The molecule has 1 aromatic rings. The highest BCUT2D eigenvalue weighted by Crippen LogP contribution is 2.30. The van der Waals surface area contributed by atoms with Crippen LogP contribution in [0.25, 0.3) is 0 Å². The van der Waals surface area contributed by atoms with E-state index in [2.05, 4.69) is 51.5 Å². The summed E-state index contributed by atoms with van der Waals surface area (Å²) in [6.07, 6.45) is 0. The van der Waals surface area contributed by atoms with E-state index in [-0.39, 0.29) is 5.41 Å². The first-order chi connectivity index (χ1) is 7.77. The van der Waals surface area contributed by atoms with Crippen molar-refractivity contribution in [2.45, 2.75) is 59.5 Å². The molecule has 0 saturated heterocycles. The average molecular weight is 236 g/mol. The largest absolute Gasteiger partial charge is 0.377 e. The molecule has 1 aromatic heterocycles. The van der Waals surface area contributed by atoms with E-state index in [4.69, 9.17) is 4.74 Å². The van der Waals surface area contributed by atoms with Crippen molar-refractivity contribution in [2.24, 2.45) is 0 Å². The first kappa shape index (κ1) is 14.1. The number of ether oxygens (including phenoxy) is 1. The van der Waals surface area contributed by atoms with Gasteiger partial charge in [-0.15, -0.1) is 0 Å². The SMILES string of the molecule is COCc1nc(C)c(C(C)C)c(C(C)(C)C)n1. The second-order valence-electron chi connectivity index (χ2n) is 5.83. The van der Waals surface area contributed by atoms with Crippen molar-refractivity contribution in [3.8, 4) is 0 Å². The fraction of sp³-hybridized carbons (Fsp3) is 0.714. The summed E-state index contributed by atoms with van der Waals surface area (Å²) in [4.78, 5) is 9.20. The Morgan fingerprint density at radius 3 is 2.18 bits per heavy atom. The third-order valence-corrected chi connectivity index (χ3v) is 2.74. The minimum atomic E-state index is 0.0375. The van der Waals surface area contributed by atoms with E-state index in [0.29, 0.717) is 12.5 Å². The van der Waals surface area contributed by atoms with Crippen LogP contribution in [0.3, 0.4) is 0 Å². The second-order valence-corrected chi connectivity index (χ2v) is 5.83. The van der Waals surface area contributed by atoms with Gasteiger partial charge in [-0.2, -0.15) is 0 Å². The Balaban J connectivity index is 3.40. The number of aryl methyl sites for hydroxylation is 1. The summed E-state index contributed by atoms with van der Waals surface area (Å²) in [5.74, 6) is 1.22. The molecule has 0 atom stereocenters. The number of hydrogen-bond donors (Lipinski definition) is 0. The molecule has 0 aliphatic heterocycles. The van der Waals surface area contributed by atoms with Gasteiger partial charge in [0.1, 0.15) is 6.61 Å². The summed E-state index contributed by atoms with van der Waals surface area (Å²) in [6.45, 7) is 13.5. The van der Waals surface area contributed by atoms with Gasteiger partial charge in [0.05, 0.1) is 5.69 Å². The molecule has 0 fully saturated rings. The van der Waals surface area contributed by atoms with E-state index in [1.54, 1.807) is 7.11 Å². The molecule has 1 heterocycles. The van der Waals surface area contributed by atoms with Crippen molar-refractivity contribution in [2.75, 3.05) is 7.11 Å². The molecule has 0 aromatic carbocycles. The first-order valence-electron chi connectivity index (χ1n) is 6.14. The van der Waals surface area contributed by atoms with Gasteiger partial charge in [-0.25, -0.2) is 9.97 Å². The highest BCUT2D eigenvalue weighted by molar-refractivity contribution is 5.32. The van der Waals surface area contributed by atoms with Crippen LogP contribution in [0.15, 0.2) is 0 Å². The molecule has 0 N–H and O–H groups in total. The van der Waals surface area contributed by atoms with Crippen molar-refractivity contribution in [1.29, 1.82) is 0 Å². The van der Waals surface area contributed by atoms with Crippen LogP contribution in [0, 0.1) is 6.92 Å². The lowest BCUT2D eigenvalue weighted by Gasteiger charge is -2.25. The lowest BCUT2D eigenvalue weighted by molar-refractivity contribution is 0.177. The van der Waals surface area contributed by atoms with Gasteiger partial charge in [-0.05, 0) is 18.4 Å². The van der Waals surface area contributed by atoms with Gasteiger partial charge in [-0.3, -0.25) is 0 Å². The maximum absolute atomic E-state index is 5.13. The predicted molar refractivity (Wildman–Crippen MR) is 70.3 cm³/mol. The van der Waals surface area contributed by atoms with Gasteiger partial charge < -0.3 is 4.74 Å². The lowest BCUT2D eigenvalue weighted by Crippen LogP contribution is -2.21. The molecule has 3 nitrogen and oxygen atoms in total. The molecular weight excluding hydrogens is 212 g/mol. The first-order valence-corrected chi connectivity index (χ1v) is 6.14. The Hall–Kier alpha value is -0.960. The molecule has 0 saturated carbocycles. The number of rotatable bonds is 3. The monoisotopic (exact) mass is 236 g/mol. The van der Waals surface area contributed by atoms with Gasteiger partial charge in [0.25, 0.3) is 0 Å². The Morgan fingerprint density at radius 1 is 1.18 bits per heavy atom. The zero-order valence-corrected chi connectivity index (χ0v) is 12.1. The fourth-order valence-corrected chi connectivity index (χ4v) is 2.10. The minimum Gasteiger partial charge on any atom is -0.377 e. The zero-order valence-electron chi connectivity index (χ0n) is 12.1. The third-order valence-electron chi connectivity index (χ3n) is 2.74. The number of nitrogens with zero attached hydrogens (tertiary/aromatic N) is 2.